The maximum atomic E-state index is 12.4. The average molecular weight is 364 g/mol. The number of esters is 1. The highest BCUT2D eigenvalue weighted by Crippen LogP contribution is 2.14. The van der Waals surface area contributed by atoms with Crippen LogP contribution in [0.25, 0.3) is 12.2 Å². The number of phenolic OH excluding ortho intramolecular Hbond substituents is 1. The van der Waals surface area contributed by atoms with Gasteiger partial charge in [-0.15, -0.1) is 0 Å². The van der Waals surface area contributed by atoms with Gasteiger partial charge in [-0.3, -0.25) is 14.4 Å². The number of hydrogen-bond acceptors (Lipinski definition) is 5. The molecule has 0 heterocycles. The standard InChI is InChI=1S/C22H20O5/c1-15-5-3-6-16(13-15)9-11-19(24)21(22(26)27-2)20(25)12-10-17-7-4-8-18(23)14-17/h3-14,21,23H,1-2H3/b11-9+,12-10+. The fourth-order valence-electron chi connectivity index (χ4n) is 2.44. The molecule has 0 amide bonds. The molecule has 0 aliphatic carbocycles. The van der Waals surface area contributed by atoms with Gasteiger partial charge in [-0.1, -0.05) is 54.1 Å². The van der Waals surface area contributed by atoms with E-state index in [0.29, 0.717) is 5.56 Å². The Balaban J connectivity index is 2.19. The third-order valence-electron chi connectivity index (χ3n) is 3.80. The molecule has 0 aliphatic heterocycles. The minimum Gasteiger partial charge on any atom is -0.508 e. The van der Waals surface area contributed by atoms with Crippen LogP contribution in [-0.2, 0) is 19.1 Å². The Hall–Kier alpha value is -3.47. The zero-order valence-corrected chi connectivity index (χ0v) is 15.1. The van der Waals surface area contributed by atoms with Crippen molar-refractivity contribution < 1.29 is 24.2 Å². The van der Waals surface area contributed by atoms with Crippen LogP contribution in [0.15, 0.2) is 60.7 Å². The lowest BCUT2D eigenvalue weighted by Crippen LogP contribution is -2.30. The molecular formula is C22H20O5. The summed E-state index contributed by atoms with van der Waals surface area (Å²) in [7, 11) is 1.12. The Kier molecular flexibility index (Phi) is 6.83. The second kappa shape index (κ2) is 9.29. The first kappa shape index (κ1) is 19.8. The number of rotatable bonds is 7. The van der Waals surface area contributed by atoms with E-state index in [4.69, 9.17) is 0 Å². The lowest BCUT2D eigenvalue weighted by molar-refractivity contribution is -0.150. The van der Waals surface area contributed by atoms with Crippen LogP contribution in [0.4, 0.5) is 0 Å². The Bertz CT molecular complexity index is 841. The number of aryl methyl sites for hydroxylation is 1. The van der Waals surface area contributed by atoms with Crippen molar-refractivity contribution in [1.29, 1.82) is 0 Å². The second-order valence-electron chi connectivity index (χ2n) is 5.94. The van der Waals surface area contributed by atoms with Crippen LogP contribution in [-0.4, -0.2) is 29.8 Å². The minimum absolute atomic E-state index is 0.0475. The van der Waals surface area contributed by atoms with Crippen LogP contribution in [0, 0.1) is 12.8 Å². The summed E-state index contributed by atoms with van der Waals surface area (Å²) in [6.07, 6.45) is 5.32. The van der Waals surface area contributed by atoms with E-state index in [1.165, 1.54) is 24.3 Å². The van der Waals surface area contributed by atoms with Crippen LogP contribution in [0.2, 0.25) is 0 Å². The molecule has 1 atom stereocenters. The number of aromatic hydroxyl groups is 1. The molecule has 2 aromatic rings. The molecule has 0 saturated carbocycles. The zero-order chi connectivity index (χ0) is 19.8. The van der Waals surface area contributed by atoms with E-state index in [1.54, 1.807) is 18.2 Å². The maximum absolute atomic E-state index is 12.4. The number of methoxy groups -OCH3 is 1. The highest BCUT2D eigenvalue weighted by molar-refractivity contribution is 6.24. The molecule has 0 fully saturated rings. The molecule has 5 nitrogen and oxygen atoms in total. The van der Waals surface area contributed by atoms with Crippen molar-refractivity contribution in [2.75, 3.05) is 7.11 Å². The van der Waals surface area contributed by atoms with Crippen molar-refractivity contribution in [3.63, 3.8) is 0 Å². The summed E-state index contributed by atoms with van der Waals surface area (Å²) in [5, 5.41) is 9.44. The second-order valence-corrected chi connectivity index (χ2v) is 5.94. The first-order valence-corrected chi connectivity index (χ1v) is 8.28. The Morgan fingerprint density at radius 2 is 1.48 bits per heavy atom. The van der Waals surface area contributed by atoms with Gasteiger partial charge in [0.2, 0.25) is 0 Å². The third kappa shape index (κ3) is 5.78. The first-order chi connectivity index (χ1) is 12.9. The molecule has 0 bridgehead atoms. The summed E-state index contributed by atoms with van der Waals surface area (Å²) in [5.41, 5.74) is 2.38. The predicted molar refractivity (Wildman–Crippen MR) is 103 cm³/mol. The third-order valence-corrected chi connectivity index (χ3v) is 3.80. The van der Waals surface area contributed by atoms with Gasteiger partial charge in [-0.25, -0.2) is 0 Å². The van der Waals surface area contributed by atoms with Crippen LogP contribution in [0.1, 0.15) is 16.7 Å². The number of carbonyl (C=O) groups excluding carboxylic acids is 3. The van der Waals surface area contributed by atoms with Gasteiger partial charge in [0.1, 0.15) is 5.75 Å². The van der Waals surface area contributed by atoms with E-state index < -0.39 is 23.5 Å². The monoisotopic (exact) mass is 364 g/mol. The van der Waals surface area contributed by atoms with Crippen LogP contribution < -0.4 is 0 Å². The summed E-state index contributed by atoms with van der Waals surface area (Å²) < 4.78 is 4.61. The van der Waals surface area contributed by atoms with E-state index in [0.717, 1.165) is 24.3 Å². The number of benzene rings is 2. The number of ether oxygens (including phenoxy) is 1. The molecule has 2 rings (SSSR count). The molecule has 0 radical (unpaired) electrons. The molecule has 5 heteroatoms. The Labute approximate surface area is 157 Å². The van der Waals surface area contributed by atoms with Crippen molar-refractivity contribution in [2.45, 2.75) is 6.92 Å². The number of hydrogen-bond donors (Lipinski definition) is 1. The summed E-state index contributed by atoms with van der Waals surface area (Å²) in [6, 6.07) is 13.7. The van der Waals surface area contributed by atoms with Gasteiger partial charge in [0, 0.05) is 0 Å². The molecule has 0 aliphatic rings. The van der Waals surface area contributed by atoms with E-state index in [-0.39, 0.29) is 5.75 Å². The fourth-order valence-corrected chi connectivity index (χ4v) is 2.44. The molecule has 0 aromatic heterocycles. The van der Waals surface area contributed by atoms with E-state index in [1.807, 2.05) is 31.2 Å². The first-order valence-electron chi connectivity index (χ1n) is 8.28. The van der Waals surface area contributed by atoms with Gasteiger partial charge in [0.15, 0.2) is 17.5 Å². The van der Waals surface area contributed by atoms with E-state index in [9.17, 15) is 19.5 Å². The molecule has 27 heavy (non-hydrogen) atoms. The predicted octanol–water partition coefficient (Wildman–Crippen LogP) is 3.35. The van der Waals surface area contributed by atoms with E-state index >= 15 is 0 Å². The largest absolute Gasteiger partial charge is 0.508 e. The lowest BCUT2D eigenvalue weighted by Gasteiger charge is -2.08. The topological polar surface area (TPSA) is 80.7 Å². The molecule has 0 saturated heterocycles. The van der Waals surface area contributed by atoms with Gasteiger partial charge in [-0.05, 0) is 42.3 Å². The summed E-state index contributed by atoms with van der Waals surface area (Å²) in [4.78, 5) is 36.8. The average Bonchev–Trinajstić information content (AvgIpc) is 2.65. The van der Waals surface area contributed by atoms with E-state index in [2.05, 4.69) is 4.74 Å². The lowest BCUT2D eigenvalue weighted by atomic mass is 9.97. The summed E-state index contributed by atoms with van der Waals surface area (Å²) >= 11 is 0. The van der Waals surface area contributed by atoms with Crippen molar-refractivity contribution >= 4 is 29.7 Å². The molecular weight excluding hydrogens is 344 g/mol. The van der Waals surface area contributed by atoms with Crippen molar-refractivity contribution in [3.05, 3.63) is 77.4 Å². The minimum atomic E-state index is -1.57. The summed E-state index contributed by atoms with van der Waals surface area (Å²) in [5.74, 6) is -3.78. The van der Waals surface area contributed by atoms with Crippen molar-refractivity contribution in [3.8, 4) is 5.75 Å². The fraction of sp³-hybridized carbons (Fsp3) is 0.136. The number of allylic oxidation sites excluding steroid dienone is 2. The van der Waals surface area contributed by atoms with Crippen LogP contribution in [0.3, 0.4) is 0 Å². The highest BCUT2D eigenvalue weighted by Gasteiger charge is 2.31. The molecule has 1 N–H and O–H groups in total. The SMILES string of the molecule is COC(=O)C(C(=O)/C=C/c1cccc(C)c1)C(=O)/C=C/c1cccc(O)c1. The smallest absolute Gasteiger partial charge is 0.324 e. The molecule has 138 valence electrons. The van der Waals surface area contributed by atoms with Crippen LogP contribution in [0.5, 0.6) is 5.75 Å². The normalized spacial score (nSPS) is 12.2. The van der Waals surface area contributed by atoms with Gasteiger partial charge >= 0.3 is 5.97 Å². The molecule has 2 aromatic carbocycles. The molecule has 0 spiro atoms. The number of phenols is 1. The molecule has 1 unspecified atom stereocenters. The van der Waals surface area contributed by atoms with Crippen molar-refractivity contribution in [2.24, 2.45) is 5.92 Å². The van der Waals surface area contributed by atoms with Gasteiger partial charge in [0.25, 0.3) is 0 Å². The number of ketones is 2. The number of carbonyl (C=O) groups is 3. The van der Waals surface area contributed by atoms with Gasteiger partial charge in [-0.2, -0.15) is 0 Å². The van der Waals surface area contributed by atoms with Crippen molar-refractivity contribution in [1.82, 2.24) is 0 Å². The highest BCUT2D eigenvalue weighted by atomic mass is 16.5. The quantitative estimate of drug-likeness (QED) is 0.463. The summed E-state index contributed by atoms with van der Waals surface area (Å²) in [6.45, 7) is 1.92. The van der Waals surface area contributed by atoms with Gasteiger partial charge < -0.3 is 9.84 Å². The Morgan fingerprint density at radius 3 is 2.00 bits per heavy atom. The zero-order valence-electron chi connectivity index (χ0n) is 15.1. The van der Waals surface area contributed by atoms with Crippen LogP contribution >= 0.6 is 0 Å². The Morgan fingerprint density at radius 1 is 0.926 bits per heavy atom. The van der Waals surface area contributed by atoms with Gasteiger partial charge in [0.05, 0.1) is 7.11 Å². The maximum Gasteiger partial charge on any atom is 0.324 e.